The zero-order valence-corrected chi connectivity index (χ0v) is 12.1. The number of carbonyl (C=O) groups is 1. The maximum Gasteiger partial charge on any atom is 0.306 e. The molecule has 1 heterocycles. The molecule has 19 heavy (non-hydrogen) atoms. The van der Waals surface area contributed by atoms with Gasteiger partial charge in [-0.15, -0.1) is 0 Å². The van der Waals surface area contributed by atoms with Crippen molar-refractivity contribution in [3.8, 4) is 0 Å². The average Bonchev–Trinajstić information content (AvgIpc) is 2.75. The van der Waals surface area contributed by atoms with Gasteiger partial charge in [0.2, 0.25) is 0 Å². The fraction of sp³-hybridized carbons (Fsp3) is 0.714. The van der Waals surface area contributed by atoms with E-state index in [9.17, 15) is 4.79 Å². The van der Waals surface area contributed by atoms with Crippen LogP contribution in [0.25, 0.3) is 0 Å². The molecule has 1 rings (SSSR count). The highest BCUT2D eigenvalue weighted by atomic mass is 16.4. The molecule has 0 radical (unpaired) electrons. The lowest BCUT2D eigenvalue weighted by molar-refractivity contribution is -0.141. The van der Waals surface area contributed by atoms with E-state index in [4.69, 9.17) is 5.11 Å². The number of nitrogens with zero attached hydrogens (tertiary/aromatic N) is 2. The molecule has 2 atom stereocenters. The number of aryl methyl sites for hydroxylation is 1. The highest BCUT2D eigenvalue weighted by Crippen LogP contribution is 2.09. The fourth-order valence-electron chi connectivity index (χ4n) is 2.02. The summed E-state index contributed by atoms with van der Waals surface area (Å²) in [6, 6.07) is 0.418. The van der Waals surface area contributed by atoms with Gasteiger partial charge in [0.05, 0.1) is 5.92 Å². The zero-order chi connectivity index (χ0) is 14.3. The Bertz CT molecular complexity index is 390. The van der Waals surface area contributed by atoms with Crippen LogP contribution >= 0.6 is 0 Å². The van der Waals surface area contributed by atoms with Gasteiger partial charge in [-0.1, -0.05) is 13.3 Å². The molecule has 108 valence electrons. The third-order valence-electron chi connectivity index (χ3n) is 3.46. The van der Waals surface area contributed by atoms with E-state index in [1.165, 1.54) is 0 Å². The summed E-state index contributed by atoms with van der Waals surface area (Å²) in [5.74, 6) is 0.148. The quantitative estimate of drug-likeness (QED) is 0.716. The molecule has 0 spiro atoms. The first-order valence-corrected chi connectivity index (χ1v) is 6.93. The van der Waals surface area contributed by atoms with Crippen molar-refractivity contribution in [2.45, 2.75) is 45.6 Å². The second kappa shape index (κ2) is 7.94. The first-order chi connectivity index (χ1) is 9.00. The van der Waals surface area contributed by atoms with Gasteiger partial charge in [-0.3, -0.25) is 4.79 Å². The Labute approximate surface area is 115 Å². The number of carboxylic acids is 1. The average molecular weight is 267 g/mol. The van der Waals surface area contributed by atoms with E-state index in [1.807, 2.05) is 24.0 Å². The Morgan fingerprint density at radius 1 is 1.47 bits per heavy atom. The molecule has 0 aliphatic heterocycles. The van der Waals surface area contributed by atoms with Crippen LogP contribution in [-0.4, -0.2) is 33.2 Å². The molecule has 0 fully saturated rings. The minimum Gasteiger partial charge on any atom is -0.481 e. The number of nitrogens with one attached hydrogen (secondary N) is 1. The number of imidazole rings is 1. The van der Waals surface area contributed by atoms with Gasteiger partial charge in [-0.05, 0) is 19.8 Å². The summed E-state index contributed by atoms with van der Waals surface area (Å²) in [4.78, 5) is 15.0. The molecular formula is C14H25N3O2. The molecule has 5 heteroatoms. The third-order valence-corrected chi connectivity index (χ3v) is 3.46. The smallest absolute Gasteiger partial charge is 0.306 e. The number of hydrogen-bond acceptors (Lipinski definition) is 3. The van der Waals surface area contributed by atoms with Crippen molar-refractivity contribution in [3.05, 3.63) is 18.2 Å². The van der Waals surface area contributed by atoms with Crippen LogP contribution in [0.5, 0.6) is 0 Å². The van der Waals surface area contributed by atoms with Gasteiger partial charge < -0.3 is 15.0 Å². The molecule has 5 nitrogen and oxygen atoms in total. The molecule has 2 N–H and O–H groups in total. The predicted molar refractivity (Wildman–Crippen MR) is 75.0 cm³/mol. The van der Waals surface area contributed by atoms with Crippen LogP contribution in [0.15, 0.2) is 12.4 Å². The van der Waals surface area contributed by atoms with Crippen molar-refractivity contribution in [1.29, 1.82) is 0 Å². The van der Waals surface area contributed by atoms with Crippen molar-refractivity contribution < 1.29 is 9.90 Å². The summed E-state index contributed by atoms with van der Waals surface area (Å²) < 4.78 is 2.03. The molecular weight excluding hydrogens is 242 g/mol. The second-order valence-electron chi connectivity index (χ2n) is 5.23. The van der Waals surface area contributed by atoms with Crippen LogP contribution in [0, 0.1) is 5.92 Å². The lowest BCUT2D eigenvalue weighted by atomic mass is 10.0. The van der Waals surface area contributed by atoms with Crippen molar-refractivity contribution in [3.63, 3.8) is 0 Å². The van der Waals surface area contributed by atoms with Crippen LogP contribution in [0.4, 0.5) is 0 Å². The van der Waals surface area contributed by atoms with E-state index in [2.05, 4.69) is 17.2 Å². The van der Waals surface area contributed by atoms with Crippen LogP contribution in [0.3, 0.4) is 0 Å². The standard InChI is InChI=1S/C14H25N3O2/c1-11(14(18)19)5-4-6-12(2)15-8-7-13-16-9-10-17(13)3/h9-12,15H,4-8H2,1-3H3,(H,18,19). The SMILES string of the molecule is CC(CCCC(C)C(=O)O)NCCc1nccn1C. The number of hydrogen-bond donors (Lipinski definition) is 2. The minimum absolute atomic E-state index is 0.236. The van der Waals surface area contributed by atoms with Crippen LogP contribution in [0.2, 0.25) is 0 Å². The van der Waals surface area contributed by atoms with Crippen LogP contribution < -0.4 is 5.32 Å². The summed E-state index contributed by atoms with van der Waals surface area (Å²) in [5, 5.41) is 12.2. The first-order valence-electron chi connectivity index (χ1n) is 6.93. The molecule has 0 bridgehead atoms. The first kappa shape index (κ1) is 15.7. The number of aromatic nitrogens is 2. The number of rotatable bonds is 9. The molecule has 0 aliphatic carbocycles. The lowest BCUT2D eigenvalue weighted by Gasteiger charge is -2.14. The molecule has 1 aromatic rings. The summed E-state index contributed by atoms with van der Waals surface area (Å²) in [5.41, 5.74) is 0. The number of carboxylic acid groups (broad SMARTS) is 1. The molecule has 0 aliphatic rings. The van der Waals surface area contributed by atoms with Gasteiger partial charge in [0.1, 0.15) is 5.82 Å². The van der Waals surface area contributed by atoms with E-state index in [0.717, 1.165) is 38.1 Å². The van der Waals surface area contributed by atoms with Gasteiger partial charge in [0.25, 0.3) is 0 Å². The van der Waals surface area contributed by atoms with Gasteiger partial charge in [-0.2, -0.15) is 0 Å². The molecule has 0 saturated heterocycles. The summed E-state index contributed by atoms with van der Waals surface area (Å²) in [7, 11) is 2.00. The van der Waals surface area contributed by atoms with Crippen molar-refractivity contribution in [2.24, 2.45) is 13.0 Å². The van der Waals surface area contributed by atoms with Crippen LogP contribution in [0.1, 0.15) is 38.9 Å². The highest BCUT2D eigenvalue weighted by molar-refractivity contribution is 5.69. The molecule has 1 aromatic heterocycles. The van der Waals surface area contributed by atoms with Gasteiger partial charge in [0, 0.05) is 38.4 Å². The summed E-state index contributed by atoms with van der Waals surface area (Å²) >= 11 is 0. The molecule has 0 saturated carbocycles. The largest absolute Gasteiger partial charge is 0.481 e. The monoisotopic (exact) mass is 267 g/mol. The summed E-state index contributed by atoms with van der Waals surface area (Å²) in [6.45, 7) is 4.81. The van der Waals surface area contributed by atoms with Crippen LogP contribution in [-0.2, 0) is 18.3 Å². The van der Waals surface area contributed by atoms with E-state index in [0.29, 0.717) is 6.04 Å². The Kier molecular flexibility index (Phi) is 6.56. The Morgan fingerprint density at radius 2 is 2.21 bits per heavy atom. The minimum atomic E-state index is -0.699. The Balaban J connectivity index is 2.10. The Morgan fingerprint density at radius 3 is 2.79 bits per heavy atom. The fourth-order valence-corrected chi connectivity index (χ4v) is 2.02. The maximum atomic E-state index is 10.7. The van der Waals surface area contributed by atoms with Gasteiger partial charge in [0.15, 0.2) is 0 Å². The number of aliphatic carboxylic acids is 1. The normalized spacial score (nSPS) is 14.3. The van der Waals surface area contributed by atoms with Crippen molar-refractivity contribution in [1.82, 2.24) is 14.9 Å². The summed E-state index contributed by atoms with van der Waals surface area (Å²) in [6.07, 6.45) is 7.39. The zero-order valence-electron chi connectivity index (χ0n) is 12.1. The molecule has 0 aromatic carbocycles. The second-order valence-corrected chi connectivity index (χ2v) is 5.23. The Hall–Kier alpha value is -1.36. The van der Waals surface area contributed by atoms with Gasteiger partial charge >= 0.3 is 5.97 Å². The van der Waals surface area contributed by atoms with E-state index >= 15 is 0 Å². The third kappa shape index (κ3) is 5.87. The lowest BCUT2D eigenvalue weighted by Crippen LogP contribution is -2.28. The maximum absolute atomic E-state index is 10.7. The topological polar surface area (TPSA) is 67.2 Å². The highest BCUT2D eigenvalue weighted by Gasteiger charge is 2.11. The van der Waals surface area contributed by atoms with E-state index in [1.54, 1.807) is 6.92 Å². The van der Waals surface area contributed by atoms with E-state index in [-0.39, 0.29) is 5.92 Å². The van der Waals surface area contributed by atoms with Crippen molar-refractivity contribution >= 4 is 5.97 Å². The molecule has 2 unspecified atom stereocenters. The van der Waals surface area contributed by atoms with E-state index < -0.39 is 5.97 Å². The van der Waals surface area contributed by atoms with Gasteiger partial charge in [-0.25, -0.2) is 4.98 Å². The predicted octanol–water partition coefficient (Wildman–Crippen LogP) is 1.83. The molecule has 0 amide bonds. The van der Waals surface area contributed by atoms with Crippen molar-refractivity contribution in [2.75, 3.05) is 6.54 Å².